The Morgan fingerprint density at radius 1 is 1.35 bits per heavy atom. The highest BCUT2D eigenvalue weighted by molar-refractivity contribution is 5.47. The molecular weight excluding hydrogens is 252 g/mol. The number of ether oxygens (including phenoxy) is 2. The maximum Gasteiger partial charge on any atom is 0.126 e. The van der Waals surface area contributed by atoms with Crippen LogP contribution in [0.5, 0.6) is 5.75 Å². The van der Waals surface area contributed by atoms with Crippen molar-refractivity contribution in [3.05, 3.63) is 28.8 Å². The van der Waals surface area contributed by atoms with Crippen LogP contribution in [0.1, 0.15) is 42.5 Å². The molecule has 112 valence electrons. The SMILES string of the molecule is CCOC(C1CC1)C(NN)c1ccc(C)c(C)c1OC. The molecule has 0 saturated heterocycles. The van der Waals surface area contributed by atoms with Crippen LogP contribution in [0.25, 0.3) is 0 Å². The fourth-order valence-corrected chi connectivity index (χ4v) is 2.81. The molecule has 1 aromatic rings. The van der Waals surface area contributed by atoms with Crippen molar-refractivity contribution in [3.63, 3.8) is 0 Å². The summed E-state index contributed by atoms with van der Waals surface area (Å²) < 4.78 is 11.6. The molecule has 1 aliphatic rings. The van der Waals surface area contributed by atoms with Crippen LogP contribution in [0.3, 0.4) is 0 Å². The Kier molecular flexibility index (Phi) is 5.02. The summed E-state index contributed by atoms with van der Waals surface area (Å²) in [6, 6.07) is 4.18. The second-order valence-corrected chi connectivity index (χ2v) is 5.53. The summed E-state index contributed by atoms with van der Waals surface area (Å²) in [6.45, 7) is 6.90. The second kappa shape index (κ2) is 6.57. The zero-order valence-electron chi connectivity index (χ0n) is 12.9. The van der Waals surface area contributed by atoms with Crippen LogP contribution < -0.4 is 16.0 Å². The van der Waals surface area contributed by atoms with E-state index in [9.17, 15) is 0 Å². The molecule has 0 heterocycles. The van der Waals surface area contributed by atoms with E-state index in [4.69, 9.17) is 15.3 Å². The summed E-state index contributed by atoms with van der Waals surface area (Å²) in [5.74, 6) is 7.34. The van der Waals surface area contributed by atoms with Gasteiger partial charge >= 0.3 is 0 Å². The lowest BCUT2D eigenvalue weighted by atomic mass is 9.94. The van der Waals surface area contributed by atoms with Crippen molar-refractivity contribution < 1.29 is 9.47 Å². The first-order valence-corrected chi connectivity index (χ1v) is 7.35. The molecule has 1 fully saturated rings. The van der Waals surface area contributed by atoms with E-state index in [1.807, 2.05) is 6.92 Å². The monoisotopic (exact) mass is 278 g/mol. The molecular formula is C16H26N2O2. The van der Waals surface area contributed by atoms with Gasteiger partial charge < -0.3 is 9.47 Å². The van der Waals surface area contributed by atoms with E-state index in [-0.39, 0.29) is 12.1 Å². The van der Waals surface area contributed by atoms with Crippen molar-refractivity contribution in [2.45, 2.75) is 45.8 Å². The van der Waals surface area contributed by atoms with E-state index in [2.05, 4.69) is 31.4 Å². The van der Waals surface area contributed by atoms with Crippen LogP contribution in [0, 0.1) is 19.8 Å². The molecule has 4 heteroatoms. The van der Waals surface area contributed by atoms with Gasteiger partial charge in [-0.1, -0.05) is 12.1 Å². The average molecular weight is 278 g/mol. The van der Waals surface area contributed by atoms with Crippen molar-refractivity contribution in [1.82, 2.24) is 5.43 Å². The van der Waals surface area contributed by atoms with Crippen molar-refractivity contribution in [1.29, 1.82) is 0 Å². The Hall–Kier alpha value is -1.10. The topological polar surface area (TPSA) is 56.5 Å². The van der Waals surface area contributed by atoms with Gasteiger partial charge in [0, 0.05) is 12.2 Å². The molecule has 0 aromatic heterocycles. The molecule has 2 rings (SSSR count). The summed E-state index contributed by atoms with van der Waals surface area (Å²) in [5.41, 5.74) is 6.41. The lowest BCUT2D eigenvalue weighted by Crippen LogP contribution is -2.39. The Balaban J connectivity index is 2.37. The van der Waals surface area contributed by atoms with Crippen LogP contribution in [-0.2, 0) is 4.74 Å². The van der Waals surface area contributed by atoms with E-state index in [0.717, 1.165) is 16.9 Å². The summed E-state index contributed by atoms with van der Waals surface area (Å²) in [6.07, 6.45) is 2.55. The van der Waals surface area contributed by atoms with Gasteiger partial charge in [-0.3, -0.25) is 11.3 Å². The van der Waals surface area contributed by atoms with Crippen LogP contribution in [0.15, 0.2) is 12.1 Å². The highest BCUT2D eigenvalue weighted by Gasteiger charge is 2.38. The first-order chi connectivity index (χ1) is 9.63. The third kappa shape index (κ3) is 2.97. The molecule has 20 heavy (non-hydrogen) atoms. The maximum atomic E-state index is 5.94. The number of hydrogen-bond acceptors (Lipinski definition) is 4. The molecule has 4 nitrogen and oxygen atoms in total. The van der Waals surface area contributed by atoms with Crippen molar-refractivity contribution in [2.75, 3.05) is 13.7 Å². The van der Waals surface area contributed by atoms with Gasteiger partial charge in [0.15, 0.2) is 0 Å². The lowest BCUT2D eigenvalue weighted by molar-refractivity contribution is 0.0179. The van der Waals surface area contributed by atoms with E-state index in [0.29, 0.717) is 12.5 Å². The van der Waals surface area contributed by atoms with Crippen molar-refractivity contribution in [2.24, 2.45) is 11.8 Å². The number of hydrazine groups is 1. The van der Waals surface area contributed by atoms with E-state index in [1.54, 1.807) is 7.11 Å². The van der Waals surface area contributed by atoms with Gasteiger partial charge in [0.2, 0.25) is 0 Å². The predicted octanol–water partition coefficient (Wildman–Crippen LogP) is 2.63. The average Bonchev–Trinajstić information content (AvgIpc) is 3.27. The van der Waals surface area contributed by atoms with Gasteiger partial charge in [-0.05, 0) is 50.7 Å². The highest BCUT2D eigenvalue weighted by atomic mass is 16.5. The van der Waals surface area contributed by atoms with Gasteiger partial charge in [-0.15, -0.1) is 0 Å². The van der Waals surface area contributed by atoms with Gasteiger partial charge in [0.1, 0.15) is 5.75 Å². The summed E-state index contributed by atoms with van der Waals surface area (Å²) in [7, 11) is 1.71. The molecule has 2 atom stereocenters. The van der Waals surface area contributed by atoms with E-state index < -0.39 is 0 Å². The minimum atomic E-state index is -0.0308. The number of rotatable bonds is 7. The molecule has 0 bridgehead atoms. The van der Waals surface area contributed by atoms with E-state index >= 15 is 0 Å². The number of benzene rings is 1. The molecule has 0 amide bonds. The van der Waals surface area contributed by atoms with Crippen LogP contribution in [0.4, 0.5) is 0 Å². The van der Waals surface area contributed by atoms with Crippen LogP contribution in [0.2, 0.25) is 0 Å². The summed E-state index contributed by atoms with van der Waals surface area (Å²) in [4.78, 5) is 0. The number of aryl methyl sites for hydroxylation is 1. The van der Waals surface area contributed by atoms with Gasteiger partial charge in [-0.25, -0.2) is 0 Å². The van der Waals surface area contributed by atoms with E-state index in [1.165, 1.54) is 18.4 Å². The Labute approximate surface area is 121 Å². The fourth-order valence-electron chi connectivity index (χ4n) is 2.81. The smallest absolute Gasteiger partial charge is 0.126 e. The Morgan fingerprint density at radius 3 is 2.55 bits per heavy atom. The first-order valence-electron chi connectivity index (χ1n) is 7.35. The maximum absolute atomic E-state index is 5.94. The highest BCUT2D eigenvalue weighted by Crippen LogP contribution is 2.42. The molecule has 1 aliphatic carbocycles. The standard InChI is InChI=1S/C16H26N2O2/c1-5-20-16(12-7-8-12)14(18-17)13-9-6-10(2)11(3)15(13)19-4/h6,9,12,14,16,18H,5,7-8,17H2,1-4H3. The Bertz CT molecular complexity index is 458. The van der Waals surface area contributed by atoms with Crippen molar-refractivity contribution >= 4 is 0 Å². The minimum absolute atomic E-state index is 0.0308. The number of nitrogens with one attached hydrogen (secondary N) is 1. The van der Waals surface area contributed by atoms with Gasteiger partial charge in [0.05, 0.1) is 19.3 Å². The molecule has 0 aliphatic heterocycles. The van der Waals surface area contributed by atoms with Crippen LogP contribution in [-0.4, -0.2) is 19.8 Å². The minimum Gasteiger partial charge on any atom is -0.496 e. The molecule has 3 N–H and O–H groups in total. The third-order valence-corrected chi connectivity index (χ3v) is 4.20. The van der Waals surface area contributed by atoms with Gasteiger partial charge in [0.25, 0.3) is 0 Å². The van der Waals surface area contributed by atoms with Crippen LogP contribution >= 0.6 is 0 Å². The first kappa shape index (κ1) is 15.3. The zero-order valence-corrected chi connectivity index (χ0v) is 12.9. The molecule has 2 unspecified atom stereocenters. The molecule has 1 aromatic carbocycles. The number of nitrogens with two attached hydrogens (primary N) is 1. The largest absolute Gasteiger partial charge is 0.496 e. The summed E-state index contributed by atoms with van der Waals surface area (Å²) in [5, 5.41) is 0. The molecule has 1 saturated carbocycles. The second-order valence-electron chi connectivity index (χ2n) is 5.53. The number of hydrogen-bond donors (Lipinski definition) is 2. The molecule has 0 radical (unpaired) electrons. The quantitative estimate of drug-likeness (QED) is 0.594. The predicted molar refractivity (Wildman–Crippen MR) is 80.7 cm³/mol. The third-order valence-electron chi connectivity index (χ3n) is 4.20. The van der Waals surface area contributed by atoms with Gasteiger partial charge in [-0.2, -0.15) is 0 Å². The normalized spacial score (nSPS) is 17.9. The Morgan fingerprint density at radius 2 is 2.05 bits per heavy atom. The van der Waals surface area contributed by atoms with Crippen molar-refractivity contribution in [3.8, 4) is 5.75 Å². The number of methoxy groups -OCH3 is 1. The molecule has 0 spiro atoms. The fraction of sp³-hybridized carbons (Fsp3) is 0.625. The summed E-state index contributed by atoms with van der Waals surface area (Å²) >= 11 is 0. The zero-order chi connectivity index (χ0) is 14.7. The lowest BCUT2D eigenvalue weighted by Gasteiger charge is -2.29.